The van der Waals surface area contributed by atoms with Crippen LogP contribution in [0.4, 0.5) is 0 Å². The average molecular weight is 200 g/mol. The largest absolute Gasteiger partial charge is 0.350 e. The van der Waals surface area contributed by atoms with Crippen molar-refractivity contribution in [3.05, 3.63) is 12.7 Å². The first-order chi connectivity index (χ1) is 6.72. The van der Waals surface area contributed by atoms with Gasteiger partial charge in [0, 0.05) is 7.47 Å². The second-order valence-corrected chi connectivity index (χ2v) is 3.29. The first-order valence-electron chi connectivity index (χ1n) is 5.34. The van der Waals surface area contributed by atoms with Crippen LogP contribution in [0.2, 0.25) is 0 Å². The predicted molar refractivity (Wildman–Crippen MR) is 62.3 cm³/mol. The number of nitrogens with zero attached hydrogens (tertiary/aromatic N) is 1. The summed E-state index contributed by atoms with van der Waals surface area (Å²) in [6, 6.07) is 0.353. The molecule has 1 N–H and O–H groups in total. The summed E-state index contributed by atoms with van der Waals surface area (Å²) in [5, 5.41) is 2.91. The van der Waals surface area contributed by atoms with Gasteiger partial charge in [0.2, 0.25) is 5.91 Å². The number of hydrogen-bond acceptors (Lipinski definition) is 2. The maximum Gasteiger partial charge on any atom is 0.243 e. The number of rotatable bonds is 2. The molecule has 14 heavy (non-hydrogen) atoms. The van der Waals surface area contributed by atoms with Crippen molar-refractivity contribution in [1.82, 2.24) is 10.2 Å². The zero-order valence-corrected chi connectivity index (χ0v) is 9.55. The molecule has 1 rings (SSSR count). The van der Waals surface area contributed by atoms with Crippen LogP contribution in [0.3, 0.4) is 0 Å². The molecule has 1 heterocycles. The Morgan fingerprint density at radius 3 is 2.43 bits per heavy atom. The first-order valence-corrected chi connectivity index (χ1v) is 5.34. The fourth-order valence-corrected chi connectivity index (χ4v) is 1.41. The fraction of sp³-hybridized carbons (Fsp3) is 0.727. The molecule has 1 aliphatic rings. The zero-order valence-electron chi connectivity index (χ0n) is 9.55. The van der Waals surface area contributed by atoms with Gasteiger partial charge in [0.25, 0.3) is 0 Å². The van der Waals surface area contributed by atoms with Crippen LogP contribution in [0.1, 0.15) is 28.1 Å². The van der Waals surface area contributed by atoms with Crippen molar-refractivity contribution >= 4 is 5.91 Å². The molecule has 1 saturated heterocycles. The van der Waals surface area contributed by atoms with Crippen molar-refractivity contribution < 1.29 is 6.22 Å². The van der Waals surface area contributed by atoms with Gasteiger partial charge in [-0.25, -0.2) is 0 Å². The smallest absolute Gasteiger partial charge is 0.243 e. The van der Waals surface area contributed by atoms with E-state index in [1.807, 2.05) is 13.8 Å². The van der Waals surface area contributed by atoms with E-state index in [0.29, 0.717) is 6.04 Å². The lowest BCUT2D eigenvalue weighted by atomic mass is 10.1. The normalized spacial score (nSPS) is 17.9. The summed E-state index contributed by atoms with van der Waals surface area (Å²) in [4.78, 5) is 13.2. The van der Waals surface area contributed by atoms with E-state index in [1.165, 1.54) is 6.08 Å². The van der Waals surface area contributed by atoms with E-state index in [-0.39, 0.29) is 7.33 Å². The minimum Gasteiger partial charge on any atom is -0.350 e. The predicted octanol–water partition coefficient (Wildman–Crippen LogP) is 1.65. The van der Waals surface area contributed by atoms with Crippen LogP contribution in [-0.2, 0) is 4.79 Å². The standard InChI is InChI=1S/C9H16N2O.C2H6.H2/c1-3-9(12)10-8-4-6-11(2)7-5-8;1-2;/h3,8H,1,4-7H2,2H3,(H,10,12);1-2H3;1H. The molecule has 1 aliphatic heterocycles. The molecule has 3 heteroatoms. The lowest BCUT2D eigenvalue weighted by molar-refractivity contribution is -0.117. The van der Waals surface area contributed by atoms with E-state index in [9.17, 15) is 4.79 Å². The molecular weight excluding hydrogens is 176 g/mol. The van der Waals surface area contributed by atoms with Crippen molar-refractivity contribution in [3.63, 3.8) is 0 Å². The van der Waals surface area contributed by atoms with Gasteiger partial charge in [0.15, 0.2) is 0 Å². The Labute approximate surface area is 88.7 Å². The second-order valence-electron chi connectivity index (χ2n) is 3.29. The highest BCUT2D eigenvalue weighted by molar-refractivity contribution is 5.87. The van der Waals surface area contributed by atoms with Gasteiger partial charge in [-0.05, 0) is 39.1 Å². The van der Waals surface area contributed by atoms with Gasteiger partial charge in [-0.2, -0.15) is 0 Å². The van der Waals surface area contributed by atoms with E-state index >= 15 is 0 Å². The molecule has 0 unspecified atom stereocenters. The SMILES string of the molecule is C=CC(=O)NC1CCN(C)CC1.CC.[HH]. The average Bonchev–Trinajstić information content (AvgIpc) is 2.24. The van der Waals surface area contributed by atoms with E-state index in [2.05, 4.69) is 23.8 Å². The topological polar surface area (TPSA) is 32.3 Å². The maximum absolute atomic E-state index is 10.9. The molecule has 0 aromatic rings. The molecule has 0 bridgehead atoms. The van der Waals surface area contributed by atoms with Gasteiger partial charge in [0.05, 0.1) is 0 Å². The summed E-state index contributed by atoms with van der Waals surface area (Å²) < 4.78 is 0. The number of piperidine rings is 1. The highest BCUT2D eigenvalue weighted by atomic mass is 16.1. The lowest BCUT2D eigenvalue weighted by Gasteiger charge is -2.29. The van der Waals surface area contributed by atoms with Gasteiger partial charge >= 0.3 is 0 Å². The molecule has 0 saturated carbocycles. The van der Waals surface area contributed by atoms with Crippen LogP contribution < -0.4 is 5.32 Å². The molecule has 0 aromatic carbocycles. The Bertz CT molecular complexity index is 177. The van der Waals surface area contributed by atoms with Crippen molar-refractivity contribution in [3.8, 4) is 0 Å². The summed E-state index contributed by atoms with van der Waals surface area (Å²) in [5.41, 5.74) is 0. The van der Waals surface area contributed by atoms with E-state index in [1.54, 1.807) is 0 Å². The summed E-state index contributed by atoms with van der Waals surface area (Å²) in [7, 11) is 2.10. The fourth-order valence-electron chi connectivity index (χ4n) is 1.41. The van der Waals surface area contributed by atoms with Gasteiger partial charge in [-0.15, -0.1) is 0 Å². The summed E-state index contributed by atoms with van der Waals surface area (Å²) >= 11 is 0. The molecular formula is C11H24N2O. The van der Waals surface area contributed by atoms with Gasteiger partial charge in [-0.3, -0.25) is 4.79 Å². The maximum atomic E-state index is 10.9. The monoisotopic (exact) mass is 200 g/mol. The highest BCUT2D eigenvalue weighted by Gasteiger charge is 2.16. The molecule has 0 radical (unpaired) electrons. The first kappa shape index (κ1) is 13.2. The van der Waals surface area contributed by atoms with Gasteiger partial charge in [-0.1, -0.05) is 20.4 Å². The van der Waals surface area contributed by atoms with Crippen LogP contribution in [-0.4, -0.2) is 37.0 Å². The minimum absolute atomic E-state index is 0. The van der Waals surface area contributed by atoms with Crippen molar-refractivity contribution in [2.24, 2.45) is 0 Å². The van der Waals surface area contributed by atoms with Crippen molar-refractivity contribution in [1.29, 1.82) is 0 Å². The minimum atomic E-state index is -0.0513. The quantitative estimate of drug-likeness (QED) is 0.687. The molecule has 0 aliphatic carbocycles. The lowest BCUT2D eigenvalue weighted by Crippen LogP contribution is -2.42. The number of carbonyl (C=O) groups is 1. The number of carbonyl (C=O) groups excluding carboxylic acids is 1. The van der Waals surface area contributed by atoms with Crippen LogP contribution in [0.5, 0.6) is 0 Å². The molecule has 84 valence electrons. The Kier molecular flexibility index (Phi) is 7.11. The summed E-state index contributed by atoms with van der Waals surface area (Å²) in [6.45, 7) is 9.56. The van der Waals surface area contributed by atoms with Crippen LogP contribution in [0.25, 0.3) is 0 Å². The molecule has 0 aromatic heterocycles. The molecule has 3 nitrogen and oxygen atoms in total. The van der Waals surface area contributed by atoms with E-state index in [4.69, 9.17) is 0 Å². The zero-order chi connectivity index (χ0) is 11.0. The van der Waals surface area contributed by atoms with Crippen molar-refractivity contribution in [2.45, 2.75) is 32.7 Å². The number of likely N-dealkylation sites (tertiary alicyclic amines) is 1. The van der Waals surface area contributed by atoms with Gasteiger partial charge in [0.1, 0.15) is 0 Å². The number of hydrogen-bond donors (Lipinski definition) is 1. The number of amides is 1. The Morgan fingerprint density at radius 2 is 2.00 bits per heavy atom. The van der Waals surface area contributed by atoms with E-state index < -0.39 is 0 Å². The molecule has 0 spiro atoms. The van der Waals surface area contributed by atoms with Crippen LogP contribution in [0, 0.1) is 0 Å². The van der Waals surface area contributed by atoms with Crippen LogP contribution >= 0.6 is 0 Å². The third-order valence-corrected chi connectivity index (χ3v) is 2.25. The third kappa shape index (κ3) is 5.02. The molecule has 1 amide bonds. The Hall–Kier alpha value is -0.830. The summed E-state index contributed by atoms with van der Waals surface area (Å²) in [5.74, 6) is -0.0513. The highest BCUT2D eigenvalue weighted by Crippen LogP contribution is 2.07. The second kappa shape index (κ2) is 7.56. The van der Waals surface area contributed by atoms with Gasteiger partial charge < -0.3 is 10.2 Å². The van der Waals surface area contributed by atoms with Crippen LogP contribution in [0.15, 0.2) is 12.7 Å². The molecule has 0 atom stereocenters. The van der Waals surface area contributed by atoms with E-state index in [0.717, 1.165) is 25.9 Å². The van der Waals surface area contributed by atoms with Crippen molar-refractivity contribution in [2.75, 3.05) is 20.1 Å². The Balaban J connectivity index is 0. The number of nitrogens with one attached hydrogen (secondary N) is 1. The third-order valence-electron chi connectivity index (χ3n) is 2.25. The summed E-state index contributed by atoms with van der Waals surface area (Å²) in [6.07, 6.45) is 3.44. The Morgan fingerprint density at radius 1 is 1.50 bits per heavy atom. The molecule has 1 fully saturated rings.